The van der Waals surface area contributed by atoms with E-state index in [2.05, 4.69) is 0 Å². The summed E-state index contributed by atoms with van der Waals surface area (Å²) < 4.78 is 25.9. The van der Waals surface area contributed by atoms with E-state index >= 15 is 0 Å². The molecule has 84 valence electrons. The zero-order valence-corrected chi connectivity index (χ0v) is 9.22. The lowest BCUT2D eigenvalue weighted by Crippen LogP contribution is -2.28. The summed E-state index contributed by atoms with van der Waals surface area (Å²) in [7, 11) is 0. The first kappa shape index (κ1) is 12.1. The topological polar surface area (TPSA) is 20.2 Å². The molecule has 0 bridgehead atoms. The number of aliphatic hydroxyl groups is 1. The Labute approximate surface area is 88.7 Å². The van der Waals surface area contributed by atoms with Gasteiger partial charge in [0.1, 0.15) is 11.6 Å². The Hall–Kier alpha value is -0.960. The van der Waals surface area contributed by atoms with Crippen LogP contribution in [0.2, 0.25) is 0 Å². The van der Waals surface area contributed by atoms with Crippen LogP contribution in [0.3, 0.4) is 0 Å². The van der Waals surface area contributed by atoms with Crippen LogP contribution < -0.4 is 0 Å². The molecule has 0 aliphatic rings. The van der Waals surface area contributed by atoms with Gasteiger partial charge >= 0.3 is 0 Å². The first-order chi connectivity index (χ1) is 6.80. The maximum absolute atomic E-state index is 13.2. The van der Waals surface area contributed by atoms with Gasteiger partial charge in [0.2, 0.25) is 0 Å². The van der Waals surface area contributed by atoms with Crippen LogP contribution in [0.15, 0.2) is 18.2 Å². The number of halogens is 2. The molecule has 0 aliphatic heterocycles. The van der Waals surface area contributed by atoms with E-state index in [1.54, 1.807) is 0 Å². The third-order valence-corrected chi connectivity index (χ3v) is 2.43. The predicted octanol–water partition coefficient (Wildman–Crippen LogP) is 2.91. The lowest BCUT2D eigenvalue weighted by Gasteiger charge is -2.25. The zero-order valence-electron chi connectivity index (χ0n) is 9.22. The molecule has 1 nitrogen and oxygen atoms in total. The average molecular weight is 214 g/mol. The summed E-state index contributed by atoms with van der Waals surface area (Å²) in [5.41, 5.74) is 0.0414. The molecule has 1 aromatic rings. The van der Waals surface area contributed by atoms with E-state index in [4.69, 9.17) is 0 Å². The van der Waals surface area contributed by atoms with Gasteiger partial charge in [-0.1, -0.05) is 26.8 Å². The van der Waals surface area contributed by atoms with Gasteiger partial charge in [-0.05, 0) is 17.0 Å². The molecule has 0 heterocycles. The van der Waals surface area contributed by atoms with Crippen molar-refractivity contribution in [2.45, 2.75) is 33.3 Å². The predicted molar refractivity (Wildman–Crippen MR) is 55.5 cm³/mol. The standard InChI is InChI=1S/C12H16F2O/c1-12(2,3)11(15)6-8-4-5-9(13)7-10(8)14/h4-5,7,11,15H,6H2,1-3H3. The van der Waals surface area contributed by atoms with Crippen molar-refractivity contribution in [1.29, 1.82) is 0 Å². The fourth-order valence-electron chi connectivity index (χ4n) is 1.20. The van der Waals surface area contributed by atoms with Gasteiger partial charge in [-0.25, -0.2) is 8.78 Å². The van der Waals surface area contributed by atoms with Crippen LogP contribution in [0.1, 0.15) is 26.3 Å². The normalized spacial score (nSPS) is 14.0. The monoisotopic (exact) mass is 214 g/mol. The van der Waals surface area contributed by atoms with Crippen LogP contribution in [0, 0.1) is 17.0 Å². The van der Waals surface area contributed by atoms with Crippen molar-refractivity contribution in [3.63, 3.8) is 0 Å². The van der Waals surface area contributed by atoms with Crippen molar-refractivity contribution in [1.82, 2.24) is 0 Å². The van der Waals surface area contributed by atoms with Gasteiger partial charge in [0.25, 0.3) is 0 Å². The second-order valence-corrected chi connectivity index (χ2v) is 4.82. The summed E-state index contributed by atoms with van der Waals surface area (Å²) in [6, 6.07) is 3.41. The van der Waals surface area contributed by atoms with E-state index in [1.165, 1.54) is 12.1 Å². The highest BCUT2D eigenvalue weighted by Gasteiger charge is 2.23. The second-order valence-electron chi connectivity index (χ2n) is 4.82. The molecule has 1 N–H and O–H groups in total. The summed E-state index contributed by atoms with van der Waals surface area (Å²) in [6.07, 6.45) is -0.437. The van der Waals surface area contributed by atoms with Crippen molar-refractivity contribution in [2.75, 3.05) is 0 Å². The van der Waals surface area contributed by atoms with Crippen molar-refractivity contribution in [3.05, 3.63) is 35.4 Å². The van der Waals surface area contributed by atoms with Gasteiger partial charge < -0.3 is 5.11 Å². The lowest BCUT2D eigenvalue weighted by molar-refractivity contribution is 0.0628. The van der Waals surface area contributed by atoms with E-state index in [0.29, 0.717) is 5.56 Å². The molecule has 0 saturated carbocycles. The Morgan fingerprint density at radius 2 is 1.87 bits per heavy atom. The fraction of sp³-hybridized carbons (Fsp3) is 0.500. The highest BCUT2D eigenvalue weighted by atomic mass is 19.1. The van der Waals surface area contributed by atoms with Crippen LogP contribution in [-0.4, -0.2) is 11.2 Å². The molecule has 1 unspecified atom stereocenters. The molecule has 0 amide bonds. The van der Waals surface area contributed by atoms with Gasteiger partial charge in [-0.3, -0.25) is 0 Å². The van der Waals surface area contributed by atoms with Crippen LogP contribution in [-0.2, 0) is 6.42 Å². The van der Waals surface area contributed by atoms with E-state index in [-0.39, 0.29) is 11.8 Å². The summed E-state index contributed by atoms with van der Waals surface area (Å²) in [5, 5.41) is 9.77. The summed E-state index contributed by atoms with van der Waals surface area (Å²) in [5.74, 6) is -1.19. The molecular weight excluding hydrogens is 198 g/mol. The number of aliphatic hydroxyl groups excluding tert-OH is 1. The largest absolute Gasteiger partial charge is 0.392 e. The van der Waals surface area contributed by atoms with Gasteiger partial charge in [0, 0.05) is 12.5 Å². The Morgan fingerprint density at radius 3 is 2.33 bits per heavy atom. The Morgan fingerprint density at radius 1 is 1.27 bits per heavy atom. The highest BCUT2D eigenvalue weighted by Crippen LogP contribution is 2.23. The summed E-state index contributed by atoms with van der Waals surface area (Å²) in [6.45, 7) is 5.62. The minimum Gasteiger partial charge on any atom is -0.392 e. The molecule has 0 aliphatic carbocycles. The smallest absolute Gasteiger partial charge is 0.129 e. The molecular formula is C12H16F2O. The van der Waals surface area contributed by atoms with E-state index in [1.807, 2.05) is 20.8 Å². The van der Waals surface area contributed by atoms with Crippen LogP contribution in [0.25, 0.3) is 0 Å². The summed E-state index contributed by atoms with van der Waals surface area (Å²) in [4.78, 5) is 0. The quantitative estimate of drug-likeness (QED) is 0.802. The van der Waals surface area contributed by atoms with Gasteiger partial charge in [-0.15, -0.1) is 0 Å². The molecule has 1 atom stereocenters. The van der Waals surface area contributed by atoms with E-state index in [0.717, 1.165) is 6.07 Å². The molecule has 0 saturated heterocycles. The molecule has 1 rings (SSSR count). The number of benzene rings is 1. The number of rotatable bonds is 2. The number of hydrogen-bond acceptors (Lipinski definition) is 1. The highest BCUT2D eigenvalue weighted by molar-refractivity contribution is 5.19. The van der Waals surface area contributed by atoms with E-state index < -0.39 is 17.7 Å². The maximum Gasteiger partial charge on any atom is 0.129 e. The van der Waals surface area contributed by atoms with Crippen molar-refractivity contribution in [2.24, 2.45) is 5.41 Å². The molecule has 15 heavy (non-hydrogen) atoms. The van der Waals surface area contributed by atoms with Gasteiger partial charge in [-0.2, -0.15) is 0 Å². The third-order valence-electron chi connectivity index (χ3n) is 2.43. The second kappa shape index (κ2) is 4.27. The Bertz CT molecular complexity index is 342. The SMILES string of the molecule is CC(C)(C)C(O)Cc1ccc(F)cc1F. The number of hydrogen-bond donors (Lipinski definition) is 1. The molecule has 1 aromatic carbocycles. The van der Waals surface area contributed by atoms with Crippen molar-refractivity contribution >= 4 is 0 Å². The minimum absolute atomic E-state index is 0.204. The van der Waals surface area contributed by atoms with Crippen molar-refractivity contribution in [3.8, 4) is 0 Å². The molecule has 3 heteroatoms. The summed E-state index contributed by atoms with van der Waals surface area (Å²) >= 11 is 0. The first-order valence-electron chi connectivity index (χ1n) is 4.92. The maximum atomic E-state index is 13.2. The fourth-order valence-corrected chi connectivity index (χ4v) is 1.20. The molecule has 0 radical (unpaired) electrons. The van der Waals surface area contributed by atoms with E-state index in [9.17, 15) is 13.9 Å². The van der Waals surface area contributed by atoms with Crippen molar-refractivity contribution < 1.29 is 13.9 Å². The molecule has 0 fully saturated rings. The lowest BCUT2D eigenvalue weighted by atomic mass is 9.85. The van der Waals surface area contributed by atoms with Crippen LogP contribution >= 0.6 is 0 Å². The van der Waals surface area contributed by atoms with Gasteiger partial charge in [0.05, 0.1) is 6.10 Å². The Balaban J connectivity index is 2.82. The third kappa shape index (κ3) is 3.27. The average Bonchev–Trinajstić information content (AvgIpc) is 2.08. The van der Waals surface area contributed by atoms with Crippen LogP contribution in [0.5, 0.6) is 0 Å². The molecule has 0 spiro atoms. The zero-order chi connectivity index (χ0) is 11.6. The molecule has 0 aromatic heterocycles. The first-order valence-corrected chi connectivity index (χ1v) is 4.92. The van der Waals surface area contributed by atoms with Gasteiger partial charge in [0.15, 0.2) is 0 Å². The Kier molecular flexibility index (Phi) is 3.45. The minimum atomic E-state index is -0.641. The van der Waals surface area contributed by atoms with Crippen LogP contribution in [0.4, 0.5) is 8.78 Å².